The molecule has 0 fully saturated rings. The minimum absolute atomic E-state index is 0.103. The Hall–Kier alpha value is -3.61. The number of amides is 2. The van der Waals surface area contributed by atoms with Gasteiger partial charge in [-0.15, -0.1) is 0 Å². The zero-order valence-corrected chi connectivity index (χ0v) is 16.9. The van der Waals surface area contributed by atoms with Crippen LogP contribution in [0, 0.1) is 6.92 Å². The highest BCUT2D eigenvalue weighted by Gasteiger charge is 2.21. The van der Waals surface area contributed by atoms with Crippen molar-refractivity contribution in [3.63, 3.8) is 0 Å². The maximum absolute atomic E-state index is 12.9. The van der Waals surface area contributed by atoms with E-state index >= 15 is 0 Å². The predicted octanol–water partition coefficient (Wildman–Crippen LogP) is 4.73. The van der Waals surface area contributed by atoms with Crippen LogP contribution in [0.3, 0.4) is 0 Å². The van der Waals surface area contributed by atoms with E-state index in [0.29, 0.717) is 16.9 Å². The van der Waals surface area contributed by atoms with Crippen molar-refractivity contribution in [1.82, 2.24) is 9.78 Å². The molecule has 1 heterocycles. The van der Waals surface area contributed by atoms with Gasteiger partial charge >= 0.3 is 6.09 Å². The molecule has 3 rings (SSSR count). The molecule has 3 aromatic rings. The van der Waals surface area contributed by atoms with Crippen molar-refractivity contribution >= 4 is 23.4 Å². The van der Waals surface area contributed by atoms with E-state index in [4.69, 9.17) is 0 Å². The number of aromatic nitrogens is 2. The summed E-state index contributed by atoms with van der Waals surface area (Å²) in [6, 6.07) is 14.8. The van der Waals surface area contributed by atoms with Gasteiger partial charge < -0.3 is 10.1 Å². The summed E-state index contributed by atoms with van der Waals surface area (Å²) in [4.78, 5) is 24.1. The molecule has 7 nitrogen and oxygen atoms in total. The van der Waals surface area contributed by atoms with Gasteiger partial charge in [0.15, 0.2) is 0 Å². The number of nitrogens with zero attached hydrogens (tertiary/aromatic N) is 2. The molecule has 0 aliphatic heterocycles. The lowest BCUT2D eigenvalue weighted by Gasteiger charge is -2.13. The van der Waals surface area contributed by atoms with Gasteiger partial charge in [0.05, 0.1) is 30.3 Å². The number of methoxy groups -OCH3 is 1. The minimum atomic E-state index is -0.549. The highest BCUT2D eigenvalue weighted by molar-refractivity contribution is 6.05. The fraction of sp³-hybridized carbons (Fsp3) is 0.227. The highest BCUT2D eigenvalue weighted by atomic mass is 16.5. The maximum atomic E-state index is 12.9. The third kappa shape index (κ3) is 4.63. The lowest BCUT2D eigenvalue weighted by Crippen LogP contribution is -2.15. The molecule has 7 heteroatoms. The molecular formula is C22H24N4O3. The number of hydrogen-bond donors (Lipinski definition) is 2. The first-order valence-electron chi connectivity index (χ1n) is 9.30. The van der Waals surface area contributed by atoms with Crippen LogP contribution in [0.2, 0.25) is 0 Å². The van der Waals surface area contributed by atoms with Crippen LogP contribution in [0.25, 0.3) is 5.69 Å². The number of carbonyl (C=O) groups excluding carboxylic acids is 2. The minimum Gasteiger partial charge on any atom is -0.453 e. The zero-order valence-electron chi connectivity index (χ0n) is 16.9. The largest absolute Gasteiger partial charge is 0.453 e. The van der Waals surface area contributed by atoms with Gasteiger partial charge in [0.2, 0.25) is 0 Å². The Morgan fingerprint density at radius 2 is 1.55 bits per heavy atom. The number of rotatable bonds is 5. The third-order valence-electron chi connectivity index (χ3n) is 4.45. The molecule has 0 spiro atoms. The Labute approximate surface area is 169 Å². The summed E-state index contributed by atoms with van der Waals surface area (Å²) in [5.41, 5.74) is 4.63. The van der Waals surface area contributed by atoms with Crippen LogP contribution in [-0.2, 0) is 4.74 Å². The summed E-state index contributed by atoms with van der Waals surface area (Å²) in [6.07, 6.45) is 1.05. The smallest absolute Gasteiger partial charge is 0.411 e. The Balaban J connectivity index is 1.82. The molecule has 1 aromatic heterocycles. The second kappa shape index (κ2) is 8.60. The summed E-state index contributed by atoms with van der Waals surface area (Å²) in [6.45, 7) is 6.10. The molecule has 0 saturated carbocycles. The number of nitrogens with one attached hydrogen (secondary N) is 2. The maximum Gasteiger partial charge on any atom is 0.411 e. The first-order chi connectivity index (χ1) is 13.9. The van der Waals surface area contributed by atoms with E-state index in [1.807, 2.05) is 49.7 Å². The quantitative estimate of drug-likeness (QED) is 0.657. The van der Waals surface area contributed by atoms with Crippen LogP contribution < -0.4 is 10.6 Å². The van der Waals surface area contributed by atoms with E-state index < -0.39 is 6.09 Å². The van der Waals surface area contributed by atoms with Crippen molar-refractivity contribution in [2.45, 2.75) is 26.7 Å². The molecule has 29 heavy (non-hydrogen) atoms. The number of ether oxygens (including phenoxy) is 1. The van der Waals surface area contributed by atoms with Gasteiger partial charge in [0.1, 0.15) is 0 Å². The van der Waals surface area contributed by atoms with Gasteiger partial charge in [-0.05, 0) is 49.2 Å². The summed E-state index contributed by atoms with van der Waals surface area (Å²) in [7, 11) is 1.30. The second-order valence-electron chi connectivity index (χ2n) is 6.99. The average Bonchev–Trinajstić information content (AvgIpc) is 3.15. The molecular weight excluding hydrogens is 368 g/mol. The monoisotopic (exact) mass is 392 g/mol. The van der Waals surface area contributed by atoms with Gasteiger partial charge in [0, 0.05) is 11.4 Å². The van der Waals surface area contributed by atoms with Crippen LogP contribution in [0.5, 0.6) is 0 Å². The molecule has 0 atom stereocenters. The number of hydrogen-bond acceptors (Lipinski definition) is 4. The average molecular weight is 392 g/mol. The van der Waals surface area contributed by atoms with Crippen LogP contribution >= 0.6 is 0 Å². The topological polar surface area (TPSA) is 85.2 Å². The summed E-state index contributed by atoms with van der Waals surface area (Å²) in [5.74, 6) is -0.132. The van der Waals surface area contributed by atoms with E-state index in [9.17, 15) is 9.59 Å². The van der Waals surface area contributed by atoms with Crippen molar-refractivity contribution in [2.24, 2.45) is 0 Å². The molecule has 0 aliphatic carbocycles. The zero-order chi connectivity index (χ0) is 21.0. The van der Waals surface area contributed by atoms with E-state index in [-0.39, 0.29) is 11.8 Å². The lowest BCUT2D eigenvalue weighted by molar-refractivity contribution is 0.102. The van der Waals surface area contributed by atoms with Crippen LogP contribution in [0.15, 0.2) is 54.7 Å². The van der Waals surface area contributed by atoms with Crippen molar-refractivity contribution in [1.29, 1.82) is 0 Å². The number of aryl methyl sites for hydroxylation is 1. The van der Waals surface area contributed by atoms with E-state index in [1.54, 1.807) is 30.5 Å². The van der Waals surface area contributed by atoms with Crippen molar-refractivity contribution < 1.29 is 14.3 Å². The van der Waals surface area contributed by atoms with Crippen molar-refractivity contribution in [2.75, 3.05) is 17.7 Å². The standard InChI is InChI=1S/C22H24N4O3/c1-14(2)20-19(13-23-26(20)18-11-5-15(3)6-12-18)21(27)24-16-7-9-17(10-8-16)25-22(28)29-4/h5-14H,1-4H3,(H,24,27)(H,25,28). The first kappa shape index (κ1) is 20.1. The first-order valence-corrected chi connectivity index (χ1v) is 9.30. The van der Waals surface area contributed by atoms with Gasteiger partial charge in [0.25, 0.3) is 5.91 Å². The van der Waals surface area contributed by atoms with Gasteiger partial charge in [-0.1, -0.05) is 31.5 Å². The van der Waals surface area contributed by atoms with Crippen molar-refractivity contribution in [3.05, 3.63) is 71.5 Å². The number of anilines is 2. The highest BCUT2D eigenvalue weighted by Crippen LogP contribution is 2.24. The summed E-state index contributed by atoms with van der Waals surface area (Å²) in [5, 5.41) is 9.90. The van der Waals surface area contributed by atoms with Crippen LogP contribution in [-0.4, -0.2) is 28.9 Å². The number of carbonyl (C=O) groups is 2. The molecule has 0 aliphatic rings. The molecule has 0 saturated heterocycles. The molecule has 2 amide bonds. The Morgan fingerprint density at radius 1 is 0.966 bits per heavy atom. The fourth-order valence-corrected chi connectivity index (χ4v) is 2.98. The van der Waals surface area contributed by atoms with E-state index in [2.05, 4.69) is 20.5 Å². The second-order valence-corrected chi connectivity index (χ2v) is 6.99. The van der Waals surface area contributed by atoms with E-state index in [0.717, 1.165) is 16.9 Å². The SMILES string of the molecule is COC(=O)Nc1ccc(NC(=O)c2cnn(-c3ccc(C)cc3)c2C(C)C)cc1. The van der Waals surface area contributed by atoms with Crippen LogP contribution in [0.4, 0.5) is 16.2 Å². The normalized spacial score (nSPS) is 10.7. The summed E-state index contributed by atoms with van der Waals surface area (Å²) < 4.78 is 6.37. The lowest BCUT2D eigenvalue weighted by atomic mass is 10.0. The Kier molecular flexibility index (Phi) is 5.97. The molecule has 150 valence electrons. The van der Waals surface area contributed by atoms with Gasteiger partial charge in [-0.2, -0.15) is 5.10 Å². The molecule has 0 bridgehead atoms. The Morgan fingerprint density at radius 3 is 2.10 bits per heavy atom. The fourth-order valence-electron chi connectivity index (χ4n) is 2.98. The van der Waals surface area contributed by atoms with Gasteiger partial charge in [-0.3, -0.25) is 10.1 Å². The molecule has 0 unspecified atom stereocenters. The van der Waals surface area contributed by atoms with Gasteiger partial charge in [-0.25, -0.2) is 9.48 Å². The third-order valence-corrected chi connectivity index (χ3v) is 4.45. The number of benzene rings is 2. The molecule has 2 aromatic carbocycles. The predicted molar refractivity (Wildman–Crippen MR) is 113 cm³/mol. The van der Waals surface area contributed by atoms with Crippen LogP contribution in [0.1, 0.15) is 41.4 Å². The molecule has 2 N–H and O–H groups in total. The summed E-state index contributed by atoms with van der Waals surface area (Å²) >= 11 is 0. The van der Waals surface area contributed by atoms with E-state index in [1.165, 1.54) is 7.11 Å². The van der Waals surface area contributed by atoms with Crippen molar-refractivity contribution in [3.8, 4) is 5.69 Å². The molecule has 0 radical (unpaired) electrons. The Bertz CT molecular complexity index is 1010.